The minimum absolute atomic E-state index is 0.0637. The van der Waals surface area contributed by atoms with Crippen LogP contribution in [0.4, 0.5) is 13.2 Å². The van der Waals surface area contributed by atoms with Crippen molar-refractivity contribution in [2.75, 3.05) is 6.54 Å². The number of hydrogen-bond acceptors (Lipinski definition) is 3. The summed E-state index contributed by atoms with van der Waals surface area (Å²) in [5.74, 6) is 0.442. The normalized spacial score (nSPS) is 13.1. The molecule has 0 amide bonds. The van der Waals surface area contributed by atoms with Gasteiger partial charge in [-0.25, -0.2) is 4.98 Å². The van der Waals surface area contributed by atoms with Crippen molar-refractivity contribution in [1.82, 2.24) is 15.3 Å². The lowest BCUT2D eigenvalue weighted by Gasteiger charge is -2.18. The molecule has 7 heteroatoms. The number of benzene rings is 1. The number of H-pyrrole nitrogens is 1. The molecule has 116 valence electrons. The third-order valence-corrected chi connectivity index (χ3v) is 2.96. The molecule has 0 aliphatic carbocycles. The maximum absolute atomic E-state index is 13.1. The Labute approximate surface area is 120 Å². The molecule has 3 N–H and O–H groups in total. The van der Waals surface area contributed by atoms with Gasteiger partial charge in [0.25, 0.3) is 0 Å². The first kappa shape index (κ1) is 15.8. The van der Waals surface area contributed by atoms with E-state index in [0.717, 1.165) is 6.07 Å². The summed E-state index contributed by atoms with van der Waals surface area (Å²) < 4.78 is 39.3. The van der Waals surface area contributed by atoms with E-state index < -0.39 is 17.3 Å². The van der Waals surface area contributed by atoms with E-state index in [1.165, 1.54) is 0 Å². The highest BCUT2D eigenvalue weighted by Gasteiger charge is 2.34. The maximum Gasteiger partial charge on any atom is 0.418 e. The molecule has 0 atom stereocenters. The molecule has 0 bridgehead atoms. The van der Waals surface area contributed by atoms with Crippen molar-refractivity contribution < 1.29 is 18.3 Å². The highest BCUT2D eigenvalue weighted by atomic mass is 19.4. The number of imidazole rings is 1. The third-order valence-electron chi connectivity index (χ3n) is 2.96. The van der Waals surface area contributed by atoms with Crippen molar-refractivity contribution in [1.29, 1.82) is 0 Å². The smallest absolute Gasteiger partial charge is 0.389 e. The summed E-state index contributed by atoms with van der Waals surface area (Å²) in [5, 5.41) is 12.5. The first-order chi connectivity index (χ1) is 9.56. The fourth-order valence-electron chi connectivity index (χ4n) is 2.13. The Balaban J connectivity index is 2.33. The Bertz CT molecular complexity index is 641. The minimum Gasteiger partial charge on any atom is -0.389 e. The average molecular weight is 301 g/mol. The van der Waals surface area contributed by atoms with Crippen LogP contribution >= 0.6 is 0 Å². The second-order valence-electron chi connectivity index (χ2n) is 5.78. The molecule has 2 aromatic rings. The van der Waals surface area contributed by atoms with Crippen LogP contribution in [-0.2, 0) is 12.7 Å². The number of aliphatic hydroxyl groups is 1. The number of nitrogens with zero attached hydrogens (tertiary/aromatic N) is 1. The van der Waals surface area contributed by atoms with Crippen LogP contribution < -0.4 is 5.32 Å². The zero-order chi connectivity index (χ0) is 15.8. The van der Waals surface area contributed by atoms with Crippen molar-refractivity contribution in [3.8, 4) is 0 Å². The van der Waals surface area contributed by atoms with Crippen LogP contribution in [0.3, 0.4) is 0 Å². The quantitative estimate of drug-likeness (QED) is 0.814. The fourth-order valence-corrected chi connectivity index (χ4v) is 2.13. The van der Waals surface area contributed by atoms with Gasteiger partial charge in [0, 0.05) is 13.1 Å². The molecule has 0 radical (unpaired) electrons. The van der Waals surface area contributed by atoms with Crippen LogP contribution in [0.25, 0.3) is 11.0 Å². The highest BCUT2D eigenvalue weighted by molar-refractivity contribution is 5.80. The predicted molar refractivity (Wildman–Crippen MR) is 73.8 cm³/mol. The molecular formula is C14H18F3N3O. The molecule has 0 unspecified atom stereocenters. The summed E-state index contributed by atoms with van der Waals surface area (Å²) in [6, 6.07) is 2.74. The van der Waals surface area contributed by atoms with Crippen LogP contribution in [0.15, 0.2) is 12.1 Å². The van der Waals surface area contributed by atoms with Crippen LogP contribution in [-0.4, -0.2) is 27.2 Å². The molecule has 0 saturated heterocycles. The minimum atomic E-state index is -4.45. The molecule has 1 aromatic carbocycles. The lowest BCUT2D eigenvalue weighted by atomic mass is 10.1. The molecule has 1 heterocycles. The van der Waals surface area contributed by atoms with Gasteiger partial charge in [-0.2, -0.15) is 13.2 Å². The van der Waals surface area contributed by atoms with Gasteiger partial charge in [0.1, 0.15) is 11.3 Å². The van der Waals surface area contributed by atoms with E-state index in [0.29, 0.717) is 16.9 Å². The number of rotatable bonds is 4. The topological polar surface area (TPSA) is 60.9 Å². The Kier molecular flexibility index (Phi) is 3.99. The molecule has 0 spiro atoms. The number of aromatic amines is 1. The summed E-state index contributed by atoms with van der Waals surface area (Å²) in [7, 11) is 0. The van der Waals surface area contributed by atoms with E-state index in [1.54, 1.807) is 26.8 Å². The Hall–Kier alpha value is -1.60. The molecule has 0 saturated carbocycles. The first-order valence-corrected chi connectivity index (χ1v) is 6.56. The fraction of sp³-hybridized carbons (Fsp3) is 0.500. The number of hydrogen-bond donors (Lipinski definition) is 3. The molecular weight excluding hydrogens is 283 g/mol. The molecule has 0 aliphatic heterocycles. The molecule has 4 nitrogen and oxygen atoms in total. The van der Waals surface area contributed by atoms with Gasteiger partial charge in [-0.15, -0.1) is 0 Å². The lowest BCUT2D eigenvalue weighted by Crippen LogP contribution is -2.34. The Morgan fingerprint density at radius 3 is 2.52 bits per heavy atom. The van der Waals surface area contributed by atoms with E-state index >= 15 is 0 Å². The van der Waals surface area contributed by atoms with E-state index in [9.17, 15) is 18.3 Å². The van der Waals surface area contributed by atoms with E-state index in [4.69, 9.17) is 0 Å². The van der Waals surface area contributed by atoms with Crippen molar-refractivity contribution >= 4 is 11.0 Å². The lowest BCUT2D eigenvalue weighted by molar-refractivity contribution is -0.136. The number of nitrogens with one attached hydrogen (secondary N) is 2. The van der Waals surface area contributed by atoms with E-state index in [1.807, 2.05) is 0 Å². The van der Waals surface area contributed by atoms with Crippen molar-refractivity contribution in [2.45, 2.75) is 39.1 Å². The molecule has 21 heavy (non-hydrogen) atoms. The third kappa shape index (κ3) is 3.95. The molecule has 2 rings (SSSR count). The van der Waals surface area contributed by atoms with Crippen LogP contribution in [0.5, 0.6) is 0 Å². The van der Waals surface area contributed by atoms with Gasteiger partial charge in [-0.1, -0.05) is 0 Å². The summed E-state index contributed by atoms with van der Waals surface area (Å²) >= 11 is 0. The monoisotopic (exact) mass is 301 g/mol. The SMILES string of the molecule is Cc1nc2c(C(F)(F)F)cc(CNCC(C)(C)O)cc2[nH]1. The van der Waals surface area contributed by atoms with Crippen LogP contribution in [0.2, 0.25) is 0 Å². The zero-order valence-electron chi connectivity index (χ0n) is 12.1. The number of halogens is 3. The zero-order valence-corrected chi connectivity index (χ0v) is 12.1. The van der Waals surface area contributed by atoms with Gasteiger partial charge >= 0.3 is 6.18 Å². The van der Waals surface area contributed by atoms with Gasteiger partial charge < -0.3 is 15.4 Å². The number of fused-ring (bicyclic) bond motifs is 1. The summed E-state index contributed by atoms with van der Waals surface area (Å²) in [4.78, 5) is 6.73. The number of aryl methyl sites for hydroxylation is 1. The highest BCUT2D eigenvalue weighted by Crippen LogP contribution is 2.34. The molecule has 0 fully saturated rings. The second-order valence-corrected chi connectivity index (χ2v) is 5.78. The van der Waals surface area contributed by atoms with Gasteiger partial charge in [0.15, 0.2) is 0 Å². The Morgan fingerprint density at radius 1 is 1.29 bits per heavy atom. The molecule has 1 aromatic heterocycles. The van der Waals surface area contributed by atoms with Crippen molar-refractivity contribution in [3.05, 3.63) is 29.1 Å². The number of aromatic nitrogens is 2. The number of alkyl halides is 3. The predicted octanol–water partition coefficient (Wildman–Crippen LogP) is 2.75. The first-order valence-electron chi connectivity index (χ1n) is 6.56. The van der Waals surface area contributed by atoms with Gasteiger partial charge in [-0.05, 0) is 38.5 Å². The summed E-state index contributed by atoms with van der Waals surface area (Å²) in [5.41, 5.74) is -0.873. The van der Waals surface area contributed by atoms with Gasteiger partial charge in [0.2, 0.25) is 0 Å². The molecule has 0 aliphatic rings. The largest absolute Gasteiger partial charge is 0.418 e. The Morgan fingerprint density at radius 2 is 1.95 bits per heavy atom. The van der Waals surface area contributed by atoms with Gasteiger partial charge in [0.05, 0.1) is 16.7 Å². The van der Waals surface area contributed by atoms with Crippen LogP contribution in [0, 0.1) is 6.92 Å². The van der Waals surface area contributed by atoms with Crippen LogP contribution in [0.1, 0.15) is 30.8 Å². The van der Waals surface area contributed by atoms with Crippen molar-refractivity contribution in [3.63, 3.8) is 0 Å². The standard InChI is InChI=1S/C14H18F3N3O/c1-8-19-11-5-9(6-18-7-13(2,3)21)4-10(12(11)20-8)14(15,16)17/h4-5,18,21H,6-7H2,1-3H3,(H,19,20). The summed E-state index contributed by atoms with van der Waals surface area (Å²) in [6.45, 7) is 5.40. The second kappa shape index (κ2) is 5.31. The summed E-state index contributed by atoms with van der Waals surface area (Å²) in [6.07, 6.45) is -4.45. The maximum atomic E-state index is 13.1. The van der Waals surface area contributed by atoms with Gasteiger partial charge in [-0.3, -0.25) is 0 Å². The van der Waals surface area contributed by atoms with Crippen molar-refractivity contribution in [2.24, 2.45) is 0 Å². The van der Waals surface area contributed by atoms with E-state index in [-0.39, 0.29) is 18.6 Å². The van der Waals surface area contributed by atoms with E-state index in [2.05, 4.69) is 15.3 Å². The average Bonchev–Trinajstić information content (AvgIpc) is 2.64.